The first-order valence-corrected chi connectivity index (χ1v) is 6.98. The fraction of sp³-hybridized carbons (Fsp3) is 0.400. The van der Waals surface area contributed by atoms with E-state index in [1.807, 2.05) is 12.1 Å². The lowest BCUT2D eigenvalue weighted by Crippen LogP contribution is -2.31. The van der Waals surface area contributed by atoms with Crippen LogP contribution in [0.3, 0.4) is 0 Å². The Bertz CT molecular complexity index is 506. The Morgan fingerprint density at radius 3 is 2.83 bits per heavy atom. The van der Waals surface area contributed by atoms with Crippen LogP contribution in [0.5, 0.6) is 0 Å². The van der Waals surface area contributed by atoms with Gasteiger partial charge in [-0.2, -0.15) is 0 Å². The van der Waals surface area contributed by atoms with Crippen LogP contribution in [0.15, 0.2) is 40.9 Å². The molecular formula is C15H15BrO2. The summed E-state index contributed by atoms with van der Waals surface area (Å²) in [6.07, 6.45) is 2.48. The summed E-state index contributed by atoms with van der Waals surface area (Å²) in [5, 5.41) is 0. The van der Waals surface area contributed by atoms with E-state index in [1.165, 1.54) is 11.1 Å². The largest absolute Gasteiger partial charge is 0.465 e. The number of esters is 1. The molecule has 0 aromatic heterocycles. The zero-order chi connectivity index (χ0) is 12.8. The van der Waals surface area contributed by atoms with Crippen molar-refractivity contribution in [1.82, 2.24) is 0 Å². The van der Waals surface area contributed by atoms with Crippen molar-refractivity contribution in [3.8, 4) is 0 Å². The van der Waals surface area contributed by atoms with Gasteiger partial charge in [0.1, 0.15) is 0 Å². The Kier molecular flexibility index (Phi) is 2.81. The lowest BCUT2D eigenvalue weighted by molar-refractivity contribution is -0.146. The summed E-state index contributed by atoms with van der Waals surface area (Å²) in [5.74, 6) is 0.287. The van der Waals surface area contributed by atoms with E-state index in [1.54, 1.807) is 0 Å². The quantitative estimate of drug-likeness (QED) is 0.617. The van der Waals surface area contributed by atoms with Gasteiger partial charge in [-0.05, 0) is 37.0 Å². The van der Waals surface area contributed by atoms with E-state index in [0.717, 1.165) is 23.7 Å². The molecule has 0 radical (unpaired) electrons. The zero-order valence-corrected chi connectivity index (χ0v) is 11.7. The average molecular weight is 307 g/mol. The highest BCUT2D eigenvalue weighted by Gasteiger charge is 2.55. The van der Waals surface area contributed by atoms with E-state index in [-0.39, 0.29) is 11.4 Å². The molecule has 2 fully saturated rings. The second-order valence-corrected chi connectivity index (χ2v) is 6.30. The summed E-state index contributed by atoms with van der Waals surface area (Å²) in [7, 11) is 0. The third kappa shape index (κ3) is 1.81. The van der Waals surface area contributed by atoms with Gasteiger partial charge in [-0.15, -0.1) is 0 Å². The minimum atomic E-state index is -0.342. The van der Waals surface area contributed by atoms with Gasteiger partial charge >= 0.3 is 5.97 Å². The standard InChI is InChI=1S/C15H15BrO2/c1-10-6-12-9-18-14(17)15(12,7-10)8-11-2-4-13(16)5-3-11/h2-5,12H,1,6-9H2. The smallest absolute Gasteiger partial charge is 0.313 e. The Hall–Kier alpha value is -1.09. The van der Waals surface area contributed by atoms with E-state index in [0.29, 0.717) is 12.5 Å². The number of carbonyl (C=O) groups excluding carboxylic acids is 1. The molecule has 0 amide bonds. The molecule has 1 aliphatic heterocycles. The molecule has 1 saturated carbocycles. The van der Waals surface area contributed by atoms with Crippen LogP contribution < -0.4 is 0 Å². The number of cyclic esters (lactones) is 1. The first-order chi connectivity index (χ1) is 8.60. The number of fused-ring (bicyclic) bond motifs is 1. The third-order valence-electron chi connectivity index (χ3n) is 4.14. The number of halogens is 1. The highest BCUT2D eigenvalue weighted by molar-refractivity contribution is 9.10. The summed E-state index contributed by atoms with van der Waals surface area (Å²) in [5.41, 5.74) is 2.04. The van der Waals surface area contributed by atoms with Crippen LogP contribution in [-0.4, -0.2) is 12.6 Å². The highest BCUT2D eigenvalue weighted by Crippen LogP contribution is 2.52. The normalized spacial score (nSPS) is 30.4. The molecule has 2 unspecified atom stereocenters. The van der Waals surface area contributed by atoms with Crippen molar-refractivity contribution < 1.29 is 9.53 Å². The summed E-state index contributed by atoms with van der Waals surface area (Å²) in [6, 6.07) is 8.18. The summed E-state index contributed by atoms with van der Waals surface area (Å²) in [4.78, 5) is 12.1. The second-order valence-electron chi connectivity index (χ2n) is 5.39. The minimum absolute atomic E-state index is 0.0333. The maximum Gasteiger partial charge on any atom is 0.313 e. The van der Waals surface area contributed by atoms with Crippen LogP contribution in [0, 0.1) is 11.3 Å². The molecule has 2 nitrogen and oxygen atoms in total. The summed E-state index contributed by atoms with van der Waals surface area (Å²) >= 11 is 3.43. The molecule has 3 rings (SSSR count). The Balaban J connectivity index is 1.91. The van der Waals surface area contributed by atoms with E-state index < -0.39 is 0 Å². The number of benzene rings is 1. The molecule has 18 heavy (non-hydrogen) atoms. The number of ether oxygens (including phenoxy) is 1. The molecule has 0 bridgehead atoms. The van der Waals surface area contributed by atoms with Crippen molar-refractivity contribution in [3.05, 3.63) is 46.5 Å². The van der Waals surface area contributed by atoms with E-state index in [9.17, 15) is 4.79 Å². The molecule has 0 N–H and O–H groups in total. The predicted octanol–water partition coefficient (Wildman–Crippen LogP) is 3.50. The molecule has 94 valence electrons. The monoisotopic (exact) mass is 306 g/mol. The Morgan fingerprint density at radius 1 is 1.39 bits per heavy atom. The molecule has 0 spiro atoms. The first kappa shape index (κ1) is 12.0. The maximum absolute atomic E-state index is 12.1. The van der Waals surface area contributed by atoms with Crippen LogP contribution in [-0.2, 0) is 16.0 Å². The van der Waals surface area contributed by atoms with Gasteiger partial charge in [-0.1, -0.05) is 40.2 Å². The lowest BCUT2D eigenvalue weighted by atomic mass is 9.75. The first-order valence-electron chi connectivity index (χ1n) is 6.18. The number of hydrogen-bond acceptors (Lipinski definition) is 2. The van der Waals surface area contributed by atoms with Crippen molar-refractivity contribution in [2.24, 2.45) is 11.3 Å². The lowest BCUT2D eigenvalue weighted by Gasteiger charge is -2.23. The zero-order valence-electron chi connectivity index (χ0n) is 10.1. The van der Waals surface area contributed by atoms with Gasteiger partial charge in [0.2, 0.25) is 0 Å². The predicted molar refractivity (Wildman–Crippen MR) is 73.1 cm³/mol. The molecule has 3 heteroatoms. The SMILES string of the molecule is C=C1CC2COC(=O)C2(Cc2ccc(Br)cc2)C1. The highest BCUT2D eigenvalue weighted by atomic mass is 79.9. The van der Waals surface area contributed by atoms with Crippen molar-refractivity contribution in [3.63, 3.8) is 0 Å². The van der Waals surface area contributed by atoms with Gasteiger partial charge in [-0.25, -0.2) is 0 Å². The van der Waals surface area contributed by atoms with Gasteiger partial charge in [0.25, 0.3) is 0 Å². The van der Waals surface area contributed by atoms with Crippen LogP contribution >= 0.6 is 15.9 Å². The topological polar surface area (TPSA) is 26.3 Å². The van der Waals surface area contributed by atoms with Gasteiger partial charge < -0.3 is 4.74 Å². The number of rotatable bonds is 2. The van der Waals surface area contributed by atoms with E-state index in [2.05, 4.69) is 34.6 Å². The van der Waals surface area contributed by atoms with Crippen LogP contribution in [0.2, 0.25) is 0 Å². The minimum Gasteiger partial charge on any atom is -0.465 e. The molecule has 2 aliphatic rings. The van der Waals surface area contributed by atoms with Crippen LogP contribution in [0.4, 0.5) is 0 Å². The van der Waals surface area contributed by atoms with Gasteiger partial charge in [0.05, 0.1) is 12.0 Å². The maximum atomic E-state index is 12.1. The van der Waals surface area contributed by atoms with E-state index in [4.69, 9.17) is 4.74 Å². The molecule has 1 aromatic rings. The summed E-state index contributed by atoms with van der Waals surface area (Å²) < 4.78 is 6.34. The summed E-state index contributed by atoms with van der Waals surface area (Å²) in [6.45, 7) is 4.62. The molecule has 1 aromatic carbocycles. The van der Waals surface area contributed by atoms with Crippen molar-refractivity contribution >= 4 is 21.9 Å². The van der Waals surface area contributed by atoms with Gasteiger partial charge in [-0.3, -0.25) is 4.79 Å². The van der Waals surface area contributed by atoms with E-state index >= 15 is 0 Å². The Labute approximate surface area is 115 Å². The number of carbonyl (C=O) groups is 1. The average Bonchev–Trinajstić information content (AvgIpc) is 2.79. The van der Waals surface area contributed by atoms with Gasteiger partial charge in [0.15, 0.2) is 0 Å². The second kappa shape index (κ2) is 4.23. The Morgan fingerprint density at radius 2 is 2.11 bits per heavy atom. The number of allylic oxidation sites excluding steroid dienone is 1. The molecular weight excluding hydrogens is 292 g/mol. The number of hydrogen-bond donors (Lipinski definition) is 0. The van der Waals surface area contributed by atoms with Crippen molar-refractivity contribution in [2.75, 3.05) is 6.61 Å². The van der Waals surface area contributed by atoms with Crippen molar-refractivity contribution in [2.45, 2.75) is 19.3 Å². The van der Waals surface area contributed by atoms with Gasteiger partial charge in [0, 0.05) is 10.4 Å². The molecule has 1 aliphatic carbocycles. The molecule has 1 heterocycles. The third-order valence-corrected chi connectivity index (χ3v) is 4.67. The van der Waals surface area contributed by atoms with Crippen molar-refractivity contribution in [1.29, 1.82) is 0 Å². The molecule has 2 atom stereocenters. The van der Waals surface area contributed by atoms with Crippen LogP contribution in [0.1, 0.15) is 18.4 Å². The molecule has 1 saturated heterocycles. The fourth-order valence-electron chi connectivity index (χ4n) is 3.23. The van der Waals surface area contributed by atoms with Crippen LogP contribution in [0.25, 0.3) is 0 Å². The fourth-order valence-corrected chi connectivity index (χ4v) is 3.49.